The van der Waals surface area contributed by atoms with Crippen LogP contribution in [0.25, 0.3) is 0 Å². The van der Waals surface area contributed by atoms with Crippen molar-refractivity contribution in [3.63, 3.8) is 0 Å². The summed E-state index contributed by atoms with van der Waals surface area (Å²) in [6.45, 7) is 3.04. The highest BCUT2D eigenvalue weighted by Crippen LogP contribution is 2.27. The summed E-state index contributed by atoms with van der Waals surface area (Å²) < 4.78 is 5.66. The molecule has 1 aliphatic rings. The lowest BCUT2D eigenvalue weighted by Crippen LogP contribution is -2.36. The van der Waals surface area contributed by atoms with Gasteiger partial charge in [0.2, 0.25) is 0 Å². The maximum absolute atomic E-state index is 6.22. The fourth-order valence-corrected chi connectivity index (χ4v) is 2.97. The molecule has 4 heteroatoms. The Hall–Kier alpha value is -0.450. The molecule has 0 saturated carbocycles. The first kappa shape index (κ1) is 11.0. The highest BCUT2D eigenvalue weighted by Gasteiger charge is 2.31. The molecular formula is C11H18N2OS. The Bertz CT molecular complexity index is 289. The number of thiazole rings is 1. The fraction of sp³-hybridized carbons (Fsp3) is 0.727. The van der Waals surface area contributed by atoms with Gasteiger partial charge in [-0.25, -0.2) is 4.98 Å². The molecule has 2 N–H and O–H groups in total. The Morgan fingerprint density at radius 3 is 3.27 bits per heavy atom. The lowest BCUT2D eigenvalue weighted by atomic mass is 9.90. The van der Waals surface area contributed by atoms with Gasteiger partial charge in [0.15, 0.2) is 0 Å². The molecule has 0 aliphatic carbocycles. The molecule has 15 heavy (non-hydrogen) atoms. The van der Waals surface area contributed by atoms with Gasteiger partial charge in [-0.2, -0.15) is 0 Å². The summed E-state index contributed by atoms with van der Waals surface area (Å²) in [7, 11) is 0. The van der Waals surface area contributed by atoms with E-state index in [-0.39, 0.29) is 6.04 Å². The summed E-state index contributed by atoms with van der Waals surface area (Å²) in [6, 6.07) is 0.198. The van der Waals surface area contributed by atoms with E-state index in [0.29, 0.717) is 12.0 Å². The number of hydrogen-bond acceptors (Lipinski definition) is 4. The van der Waals surface area contributed by atoms with Crippen LogP contribution in [-0.2, 0) is 11.2 Å². The molecule has 0 amide bonds. The summed E-state index contributed by atoms with van der Waals surface area (Å²) in [4.78, 5) is 4.28. The third-order valence-corrected chi connectivity index (χ3v) is 3.91. The van der Waals surface area contributed by atoms with Crippen molar-refractivity contribution in [3.8, 4) is 0 Å². The van der Waals surface area contributed by atoms with Crippen LogP contribution in [0.3, 0.4) is 0 Å². The minimum Gasteiger partial charge on any atom is -0.378 e. The van der Waals surface area contributed by atoms with Crippen molar-refractivity contribution in [2.75, 3.05) is 6.61 Å². The van der Waals surface area contributed by atoms with Gasteiger partial charge in [0.05, 0.1) is 11.1 Å². The predicted molar refractivity (Wildman–Crippen MR) is 61.9 cm³/mol. The smallest absolute Gasteiger partial charge is 0.0940 e. The molecule has 2 heterocycles. The van der Waals surface area contributed by atoms with Gasteiger partial charge in [-0.3, -0.25) is 0 Å². The monoisotopic (exact) mass is 226 g/mol. The summed E-state index contributed by atoms with van der Waals surface area (Å²) in [5, 5.41) is 3.15. The number of aromatic nitrogens is 1. The minimum absolute atomic E-state index is 0.198. The topological polar surface area (TPSA) is 48.1 Å². The SMILES string of the molecule is CCC1OCCC1C(N)Cc1nccs1. The third-order valence-electron chi connectivity index (χ3n) is 3.11. The van der Waals surface area contributed by atoms with E-state index in [9.17, 15) is 0 Å². The molecule has 1 aromatic rings. The Balaban J connectivity index is 1.92. The molecule has 0 bridgehead atoms. The van der Waals surface area contributed by atoms with Crippen molar-refractivity contribution in [2.45, 2.75) is 38.3 Å². The van der Waals surface area contributed by atoms with Gasteiger partial charge in [0.1, 0.15) is 0 Å². The number of rotatable bonds is 4. The van der Waals surface area contributed by atoms with Gasteiger partial charge >= 0.3 is 0 Å². The molecule has 84 valence electrons. The van der Waals surface area contributed by atoms with E-state index in [1.54, 1.807) is 11.3 Å². The fourth-order valence-electron chi connectivity index (χ4n) is 2.28. The number of nitrogens with two attached hydrogens (primary N) is 1. The normalized spacial score (nSPS) is 28.1. The van der Waals surface area contributed by atoms with Gasteiger partial charge in [-0.05, 0) is 12.8 Å². The maximum atomic E-state index is 6.22. The van der Waals surface area contributed by atoms with Gasteiger partial charge in [0.25, 0.3) is 0 Å². The molecular weight excluding hydrogens is 208 g/mol. The van der Waals surface area contributed by atoms with E-state index in [4.69, 9.17) is 10.5 Å². The summed E-state index contributed by atoms with van der Waals surface area (Å²) in [6.07, 6.45) is 5.26. The average molecular weight is 226 g/mol. The van der Waals surface area contributed by atoms with Crippen molar-refractivity contribution < 1.29 is 4.74 Å². The van der Waals surface area contributed by atoms with Gasteiger partial charge < -0.3 is 10.5 Å². The highest BCUT2D eigenvalue weighted by molar-refractivity contribution is 7.09. The molecule has 1 fully saturated rings. The van der Waals surface area contributed by atoms with Crippen LogP contribution in [0, 0.1) is 5.92 Å². The van der Waals surface area contributed by atoms with Crippen LogP contribution in [0.15, 0.2) is 11.6 Å². The van der Waals surface area contributed by atoms with Crippen LogP contribution in [0.1, 0.15) is 24.8 Å². The van der Waals surface area contributed by atoms with Crippen molar-refractivity contribution in [1.82, 2.24) is 4.98 Å². The van der Waals surface area contributed by atoms with Gasteiger partial charge in [0, 0.05) is 36.6 Å². The van der Waals surface area contributed by atoms with E-state index >= 15 is 0 Å². The number of ether oxygens (including phenoxy) is 1. The standard InChI is InChI=1S/C11H18N2OS/c1-2-10-8(3-5-14-10)9(12)7-11-13-4-6-15-11/h4,6,8-10H,2-3,5,7,12H2,1H3. The number of nitrogens with zero attached hydrogens (tertiary/aromatic N) is 1. The van der Waals surface area contributed by atoms with Crippen molar-refractivity contribution >= 4 is 11.3 Å². The summed E-state index contributed by atoms with van der Waals surface area (Å²) in [5.41, 5.74) is 6.22. The molecule has 1 saturated heterocycles. The second-order valence-electron chi connectivity index (χ2n) is 4.06. The largest absolute Gasteiger partial charge is 0.378 e. The van der Waals surface area contributed by atoms with E-state index in [2.05, 4.69) is 11.9 Å². The van der Waals surface area contributed by atoms with E-state index in [0.717, 1.165) is 30.9 Å². The lowest BCUT2D eigenvalue weighted by Gasteiger charge is -2.22. The van der Waals surface area contributed by atoms with E-state index < -0.39 is 0 Å². The van der Waals surface area contributed by atoms with Crippen LogP contribution in [-0.4, -0.2) is 23.7 Å². The second-order valence-corrected chi connectivity index (χ2v) is 5.04. The molecule has 3 nitrogen and oxygen atoms in total. The molecule has 0 aromatic carbocycles. The molecule has 3 unspecified atom stereocenters. The first-order valence-corrected chi connectivity index (χ1v) is 6.44. The Morgan fingerprint density at radius 2 is 2.60 bits per heavy atom. The second kappa shape index (κ2) is 5.05. The van der Waals surface area contributed by atoms with Crippen LogP contribution < -0.4 is 5.73 Å². The molecule has 2 rings (SSSR count). The predicted octanol–water partition coefficient (Wildman–Crippen LogP) is 1.83. The maximum Gasteiger partial charge on any atom is 0.0940 e. The van der Waals surface area contributed by atoms with Gasteiger partial charge in [-0.1, -0.05) is 6.92 Å². The summed E-state index contributed by atoms with van der Waals surface area (Å²) in [5.74, 6) is 0.513. The highest BCUT2D eigenvalue weighted by atomic mass is 32.1. The van der Waals surface area contributed by atoms with Crippen LogP contribution in [0.5, 0.6) is 0 Å². The number of hydrogen-bond donors (Lipinski definition) is 1. The Kier molecular flexibility index (Phi) is 3.72. The first-order chi connectivity index (χ1) is 7.31. The third kappa shape index (κ3) is 2.56. The Labute approximate surface area is 94.7 Å². The van der Waals surface area contributed by atoms with E-state index in [1.165, 1.54) is 0 Å². The molecule has 3 atom stereocenters. The average Bonchev–Trinajstić information content (AvgIpc) is 2.86. The molecule has 1 aromatic heterocycles. The molecule has 0 spiro atoms. The zero-order valence-corrected chi connectivity index (χ0v) is 9.87. The quantitative estimate of drug-likeness (QED) is 0.852. The van der Waals surface area contributed by atoms with Crippen molar-refractivity contribution in [3.05, 3.63) is 16.6 Å². The van der Waals surface area contributed by atoms with E-state index in [1.807, 2.05) is 11.6 Å². The molecule has 1 aliphatic heterocycles. The van der Waals surface area contributed by atoms with Crippen LogP contribution >= 0.6 is 11.3 Å². The molecule has 0 radical (unpaired) electrons. The van der Waals surface area contributed by atoms with Crippen LogP contribution in [0.2, 0.25) is 0 Å². The lowest BCUT2D eigenvalue weighted by molar-refractivity contribution is 0.0814. The zero-order chi connectivity index (χ0) is 10.7. The zero-order valence-electron chi connectivity index (χ0n) is 9.06. The minimum atomic E-state index is 0.198. The Morgan fingerprint density at radius 1 is 1.73 bits per heavy atom. The van der Waals surface area contributed by atoms with Gasteiger partial charge in [-0.15, -0.1) is 11.3 Å². The summed E-state index contributed by atoms with van der Waals surface area (Å²) >= 11 is 1.69. The first-order valence-electron chi connectivity index (χ1n) is 5.56. The van der Waals surface area contributed by atoms with Crippen molar-refractivity contribution in [2.24, 2.45) is 11.7 Å². The van der Waals surface area contributed by atoms with Crippen LogP contribution in [0.4, 0.5) is 0 Å². The van der Waals surface area contributed by atoms with Crippen molar-refractivity contribution in [1.29, 1.82) is 0 Å².